The van der Waals surface area contributed by atoms with E-state index < -0.39 is 0 Å². The lowest BCUT2D eigenvalue weighted by Crippen LogP contribution is -2.24. The maximum absolute atomic E-state index is 9.86. The molecule has 25 heavy (non-hydrogen) atoms. The third-order valence-electron chi connectivity index (χ3n) is 4.38. The summed E-state index contributed by atoms with van der Waals surface area (Å²) in [5.74, 6) is 0. The summed E-state index contributed by atoms with van der Waals surface area (Å²) in [5.41, 5.74) is 6.05. The molecule has 0 aliphatic carbocycles. The van der Waals surface area contributed by atoms with Gasteiger partial charge in [0.1, 0.15) is 16.6 Å². The van der Waals surface area contributed by atoms with Gasteiger partial charge in [-0.3, -0.25) is 0 Å². The van der Waals surface area contributed by atoms with E-state index >= 15 is 0 Å². The first kappa shape index (κ1) is 15.6. The van der Waals surface area contributed by atoms with Gasteiger partial charge in [-0.15, -0.1) is 11.3 Å². The zero-order valence-electron chi connectivity index (χ0n) is 14.2. The average molecular weight is 343 g/mol. The Kier molecular flexibility index (Phi) is 3.87. The minimum absolute atomic E-state index is 0.630. The molecule has 0 saturated heterocycles. The van der Waals surface area contributed by atoms with E-state index in [-0.39, 0.29) is 0 Å². The van der Waals surface area contributed by atoms with Crippen LogP contribution in [0.5, 0.6) is 0 Å². The third kappa shape index (κ3) is 2.63. The van der Waals surface area contributed by atoms with E-state index in [0.717, 1.165) is 33.2 Å². The first-order chi connectivity index (χ1) is 12.2. The van der Waals surface area contributed by atoms with Crippen LogP contribution in [0.25, 0.3) is 21.9 Å². The highest BCUT2D eigenvalue weighted by Gasteiger charge is 2.22. The summed E-state index contributed by atoms with van der Waals surface area (Å²) in [4.78, 5) is 6.87. The second-order valence-corrected chi connectivity index (χ2v) is 7.03. The number of aryl methyl sites for hydroxylation is 1. The SMILES string of the molecule is CCN1/C(=C(\C#N)c2nc3ccccc3s2)C=Cc2cc(C)ccc21. The van der Waals surface area contributed by atoms with Crippen molar-refractivity contribution in [1.82, 2.24) is 4.98 Å². The molecule has 3 aromatic rings. The summed E-state index contributed by atoms with van der Waals surface area (Å²) in [7, 11) is 0. The fraction of sp³-hybridized carbons (Fsp3) is 0.143. The van der Waals surface area contributed by atoms with Gasteiger partial charge in [-0.05, 0) is 49.8 Å². The predicted molar refractivity (Wildman–Crippen MR) is 105 cm³/mol. The van der Waals surface area contributed by atoms with Gasteiger partial charge < -0.3 is 4.90 Å². The fourth-order valence-electron chi connectivity index (χ4n) is 3.19. The van der Waals surface area contributed by atoms with Crippen LogP contribution in [0.2, 0.25) is 0 Å². The molecule has 0 fully saturated rings. The second-order valence-electron chi connectivity index (χ2n) is 6.00. The van der Waals surface area contributed by atoms with Crippen molar-refractivity contribution in [2.24, 2.45) is 0 Å². The minimum Gasteiger partial charge on any atom is -0.340 e. The molecule has 3 nitrogen and oxygen atoms in total. The van der Waals surface area contributed by atoms with Crippen LogP contribution in [0.1, 0.15) is 23.1 Å². The smallest absolute Gasteiger partial charge is 0.137 e. The van der Waals surface area contributed by atoms with Crippen molar-refractivity contribution < 1.29 is 0 Å². The monoisotopic (exact) mass is 343 g/mol. The van der Waals surface area contributed by atoms with Gasteiger partial charge in [0.25, 0.3) is 0 Å². The number of aromatic nitrogens is 1. The molecular formula is C21H17N3S. The summed E-state index contributed by atoms with van der Waals surface area (Å²) >= 11 is 1.57. The molecular weight excluding hydrogens is 326 g/mol. The molecule has 1 aliphatic rings. The largest absolute Gasteiger partial charge is 0.340 e. The zero-order valence-corrected chi connectivity index (χ0v) is 15.0. The first-order valence-electron chi connectivity index (χ1n) is 8.28. The maximum atomic E-state index is 9.86. The van der Waals surface area contributed by atoms with Crippen molar-refractivity contribution in [1.29, 1.82) is 5.26 Å². The van der Waals surface area contributed by atoms with E-state index in [1.54, 1.807) is 11.3 Å². The van der Waals surface area contributed by atoms with E-state index in [9.17, 15) is 5.26 Å². The number of thiazole rings is 1. The van der Waals surface area contributed by atoms with Gasteiger partial charge in [-0.1, -0.05) is 29.8 Å². The number of rotatable bonds is 2. The van der Waals surface area contributed by atoms with Crippen LogP contribution >= 0.6 is 11.3 Å². The normalized spacial score (nSPS) is 15.2. The third-order valence-corrected chi connectivity index (χ3v) is 5.43. The van der Waals surface area contributed by atoms with Crippen molar-refractivity contribution in [3.05, 3.63) is 70.4 Å². The van der Waals surface area contributed by atoms with E-state index in [4.69, 9.17) is 0 Å². The highest BCUT2D eigenvalue weighted by atomic mass is 32.1. The van der Waals surface area contributed by atoms with Crippen LogP contribution < -0.4 is 4.90 Å². The van der Waals surface area contributed by atoms with Crippen LogP contribution in [0.4, 0.5) is 5.69 Å². The van der Waals surface area contributed by atoms with E-state index in [0.29, 0.717) is 5.57 Å². The molecule has 0 bridgehead atoms. The molecule has 4 heteroatoms. The Hall–Kier alpha value is -2.90. The molecule has 4 rings (SSSR count). The molecule has 0 atom stereocenters. The molecule has 0 N–H and O–H groups in total. The molecule has 0 saturated carbocycles. The lowest BCUT2D eigenvalue weighted by Gasteiger charge is -2.30. The fourth-order valence-corrected chi connectivity index (χ4v) is 4.16. The summed E-state index contributed by atoms with van der Waals surface area (Å²) in [5, 5.41) is 10.6. The Balaban J connectivity index is 1.90. The standard InChI is InChI=1S/C21H17N3S/c1-3-24-18-10-8-14(2)12-15(18)9-11-19(24)16(13-22)21-23-17-6-4-5-7-20(17)25-21/h4-12H,3H2,1-2H3/b19-16+. The Morgan fingerprint density at radius 1 is 1.20 bits per heavy atom. The van der Waals surface area contributed by atoms with Gasteiger partial charge in [-0.25, -0.2) is 4.98 Å². The van der Waals surface area contributed by atoms with Gasteiger partial charge in [0.2, 0.25) is 0 Å². The number of nitriles is 1. The van der Waals surface area contributed by atoms with E-state index in [1.165, 1.54) is 11.1 Å². The number of likely N-dealkylation sites (N-methyl/N-ethyl adjacent to an activating group) is 1. The lowest BCUT2D eigenvalue weighted by atomic mass is 10.0. The summed E-state index contributed by atoms with van der Waals surface area (Å²) < 4.78 is 1.10. The molecule has 1 aromatic heterocycles. The van der Waals surface area contributed by atoms with Crippen molar-refractivity contribution in [3.8, 4) is 6.07 Å². The van der Waals surface area contributed by atoms with E-state index in [2.05, 4.69) is 54.1 Å². The van der Waals surface area contributed by atoms with Crippen molar-refractivity contribution >= 4 is 38.9 Å². The number of benzene rings is 2. The number of para-hydroxylation sites is 1. The summed E-state index contributed by atoms with van der Waals surface area (Å²) in [6, 6.07) is 16.8. The second kappa shape index (κ2) is 6.19. The molecule has 0 radical (unpaired) electrons. The maximum Gasteiger partial charge on any atom is 0.137 e. The molecule has 0 unspecified atom stereocenters. The molecule has 122 valence electrons. The van der Waals surface area contributed by atoms with Crippen LogP contribution in [-0.4, -0.2) is 11.5 Å². The Bertz CT molecular complexity index is 1030. The van der Waals surface area contributed by atoms with Crippen LogP contribution in [0, 0.1) is 18.3 Å². The average Bonchev–Trinajstić information content (AvgIpc) is 3.05. The van der Waals surface area contributed by atoms with Crippen LogP contribution in [0.3, 0.4) is 0 Å². The molecule has 0 spiro atoms. The number of allylic oxidation sites excluding steroid dienone is 2. The zero-order chi connectivity index (χ0) is 17.4. The van der Waals surface area contributed by atoms with E-state index in [1.807, 2.05) is 30.3 Å². The predicted octanol–water partition coefficient (Wildman–Crippen LogP) is 5.39. The Labute approximate surface area is 151 Å². The van der Waals surface area contributed by atoms with Gasteiger partial charge in [0.05, 0.1) is 15.9 Å². The van der Waals surface area contributed by atoms with Gasteiger partial charge in [0.15, 0.2) is 0 Å². The summed E-state index contributed by atoms with van der Waals surface area (Å²) in [6.45, 7) is 5.00. The topological polar surface area (TPSA) is 39.9 Å². The minimum atomic E-state index is 0.630. The number of hydrogen-bond donors (Lipinski definition) is 0. The highest BCUT2D eigenvalue weighted by Crippen LogP contribution is 2.36. The van der Waals surface area contributed by atoms with Crippen LogP contribution in [0.15, 0.2) is 54.2 Å². The lowest BCUT2D eigenvalue weighted by molar-refractivity contribution is 0.973. The van der Waals surface area contributed by atoms with Crippen molar-refractivity contribution in [3.63, 3.8) is 0 Å². The number of fused-ring (bicyclic) bond motifs is 2. The van der Waals surface area contributed by atoms with Crippen molar-refractivity contribution in [2.45, 2.75) is 13.8 Å². The quantitative estimate of drug-likeness (QED) is 0.585. The van der Waals surface area contributed by atoms with Crippen LogP contribution in [-0.2, 0) is 0 Å². The molecule has 1 aliphatic heterocycles. The van der Waals surface area contributed by atoms with Gasteiger partial charge >= 0.3 is 0 Å². The van der Waals surface area contributed by atoms with Gasteiger partial charge in [0, 0.05) is 12.2 Å². The number of anilines is 1. The highest BCUT2D eigenvalue weighted by molar-refractivity contribution is 7.19. The molecule has 0 amide bonds. The van der Waals surface area contributed by atoms with Gasteiger partial charge in [-0.2, -0.15) is 5.26 Å². The molecule has 2 heterocycles. The Morgan fingerprint density at radius 2 is 2.04 bits per heavy atom. The summed E-state index contributed by atoms with van der Waals surface area (Å²) in [6.07, 6.45) is 4.13. The number of nitrogens with zero attached hydrogens (tertiary/aromatic N) is 3. The molecule has 2 aromatic carbocycles. The number of hydrogen-bond acceptors (Lipinski definition) is 4. The van der Waals surface area contributed by atoms with Crippen molar-refractivity contribution in [2.75, 3.05) is 11.4 Å². The first-order valence-corrected chi connectivity index (χ1v) is 9.09. The Morgan fingerprint density at radius 3 is 2.80 bits per heavy atom.